The monoisotopic (exact) mass is 240 g/mol. The minimum Gasteiger partial charge on any atom is -0.380 e. The van der Waals surface area contributed by atoms with Crippen LogP contribution in [0.25, 0.3) is 0 Å². The van der Waals surface area contributed by atoms with E-state index in [1.54, 1.807) is 18.4 Å². The Hall–Kier alpha value is -0.910. The number of methoxy groups -OCH3 is 1. The van der Waals surface area contributed by atoms with Crippen LogP contribution in [0.2, 0.25) is 0 Å². The van der Waals surface area contributed by atoms with Crippen LogP contribution in [0.15, 0.2) is 17.5 Å². The molecule has 88 valence electrons. The second-order valence-electron chi connectivity index (χ2n) is 3.85. The fourth-order valence-corrected chi connectivity index (χ4v) is 2.44. The highest BCUT2D eigenvalue weighted by molar-refractivity contribution is 7.09. The SMILES string of the molecule is COC1CNC(C(=O)NCc2cccs2)C1. The van der Waals surface area contributed by atoms with Gasteiger partial charge in [0, 0.05) is 18.5 Å². The maximum absolute atomic E-state index is 11.8. The summed E-state index contributed by atoms with van der Waals surface area (Å²) in [5.74, 6) is 0.0629. The van der Waals surface area contributed by atoms with Gasteiger partial charge in [-0.05, 0) is 17.9 Å². The zero-order chi connectivity index (χ0) is 11.4. The maximum Gasteiger partial charge on any atom is 0.237 e. The number of carbonyl (C=O) groups excluding carboxylic acids is 1. The van der Waals surface area contributed by atoms with E-state index in [9.17, 15) is 4.79 Å². The maximum atomic E-state index is 11.8. The first-order chi connectivity index (χ1) is 7.79. The lowest BCUT2D eigenvalue weighted by Gasteiger charge is -2.10. The molecule has 0 spiro atoms. The van der Waals surface area contributed by atoms with E-state index in [2.05, 4.69) is 10.6 Å². The molecule has 2 atom stereocenters. The summed E-state index contributed by atoms with van der Waals surface area (Å²) in [5.41, 5.74) is 0. The fraction of sp³-hybridized carbons (Fsp3) is 0.545. The number of hydrogen-bond donors (Lipinski definition) is 2. The van der Waals surface area contributed by atoms with Crippen LogP contribution in [-0.4, -0.2) is 31.7 Å². The zero-order valence-electron chi connectivity index (χ0n) is 9.23. The molecule has 1 amide bonds. The molecule has 0 saturated carbocycles. The van der Waals surface area contributed by atoms with Gasteiger partial charge in [-0.2, -0.15) is 0 Å². The summed E-state index contributed by atoms with van der Waals surface area (Å²) in [4.78, 5) is 13.0. The average molecular weight is 240 g/mol. The summed E-state index contributed by atoms with van der Waals surface area (Å²) < 4.78 is 5.20. The van der Waals surface area contributed by atoms with Crippen LogP contribution in [0, 0.1) is 0 Å². The largest absolute Gasteiger partial charge is 0.380 e. The van der Waals surface area contributed by atoms with Crippen molar-refractivity contribution in [3.8, 4) is 0 Å². The number of nitrogens with one attached hydrogen (secondary N) is 2. The first-order valence-corrected chi connectivity index (χ1v) is 6.24. The van der Waals surface area contributed by atoms with Crippen LogP contribution < -0.4 is 10.6 Å². The van der Waals surface area contributed by atoms with E-state index in [4.69, 9.17) is 4.74 Å². The van der Waals surface area contributed by atoms with Crippen molar-refractivity contribution in [2.45, 2.75) is 25.1 Å². The summed E-state index contributed by atoms with van der Waals surface area (Å²) in [7, 11) is 1.68. The Morgan fingerprint density at radius 3 is 3.25 bits per heavy atom. The Morgan fingerprint density at radius 1 is 1.75 bits per heavy atom. The topological polar surface area (TPSA) is 50.4 Å². The van der Waals surface area contributed by atoms with Gasteiger partial charge in [0.05, 0.1) is 18.7 Å². The lowest BCUT2D eigenvalue weighted by Crippen LogP contribution is -2.39. The normalized spacial score (nSPS) is 24.6. The van der Waals surface area contributed by atoms with Crippen LogP contribution in [0.5, 0.6) is 0 Å². The molecule has 16 heavy (non-hydrogen) atoms. The van der Waals surface area contributed by atoms with Crippen molar-refractivity contribution in [2.75, 3.05) is 13.7 Å². The predicted octanol–water partition coefficient (Wildman–Crippen LogP) is 0.741. The predicted molar refractivity (Wildman–Crippen MR) is 63.4 cm³/mol. The molecule has 2 heterocycles. The minimum atomic E-state index is -0.107. The van der Waals surface area contributed by atoms with Gasteiger partial charge in [-0.1, -0.05) is 6.07 Å². The van der Waals surface area contributed by atoms with Crippen molar-refractivity contribution in [1.29, 1.82) is 0 Å². The lowest BCUT2D eigenvalue weighted by molar-refractivity contribution is -0.123. The summed E-state index contributed by atoms with van der Waals surface area (Å²) >= 11 is 1.65. The second kappa shape index (κ2) is 5.43. The molecule has 1 aliphatic rings. The van der Waals surface area contributed by atoms with E-state index in [0.717, 1.165) is 13.0 Å². The molecular weight excluding hydrogens is 224 g/mol. The number of thiophene rings is 1. The molecular formula is C11H16N2O2S. The van der Waals surface area contributed by atoms with Crippen molar-refractivity contribution < 1.29 is 9.53 Å². The molecule has 2 unspecified atom stereocenters. The second-order valence-corrected chi connectivity index (χ2v) is 4.88. The smallest absolute Gasteiger partial charge is 0.237 e. The van der Waals surface area contributed by atoms with Crippen molar-refractivity contribution in [2.24, 2.45) is 0 Å². The van der Waals surface area contributed by atoms with Crippen LogP contribution in [0.3, 0.4) is 0 Å². The van der Waals surface area contributed by atoms with Crippen molar-refractivity contribution in [3.63, 3.8) is 0 Å². The van der Waals surface area contributed by atoms with Gasteiger partial charge in [0.25, 0.3) is 0 Å². The average Bonchev–Trinajstić information content (AvgIpc) is 2.96. The van der Waals surface area contributed by atoms with Gasteiger partial charge in [-0.3, -0.25) is 4.79 Å². The Labute approximate surface area is 99.0 Å². The van der Waals surface area contributed by atoms with Gasteiger partial charge in [0.2, 0.25) is 5.91 Å². The number of rotatable bonds is 4. The van der Waals surface area contributed by atoms with Crippen molar-refractivity contribution in [1.82, 2.24) is 10.6 Å². The molecule has 4 nitrogen and oxygen atoms in total. The molecule has 1 aliphatic heterocycles. The first-order valence-electron chi connectivity index (χ1n) is 5.36. The quantitative estimate of drug-likeness (QED) is 0.816. The highest BCUT2D eigenvalue weighted by atomic mass is 32.1. The Morgan fingerprint density at radius 2 is 2.62 bits per heavy atom. The molecule has 2 rings (SSSR count). The molecule has 2 N–H and O–H groups in total. The van der Waals surface area contributed by atoms with Gasteiger partial charge in [0.1, 0.15) is 0 Å². The highest BCUT2D eigenvalue weighted by Gasteiger charge is 2.28. The van der Waals surface area contributed by atoms with Gasteiger partial charge in [0.15, 0.2) is 0 Å². The third kappa shape index (κ3) is 2.81. The van der Waals surface area contributed by atoms with Gasteiger partial charge >= 0.3 is 0 Å². The third-order valence-electron chi connectivity index (χ3n) is 2.76. The molecule has 0 aromatic carbocycles. The third-order valence-corrected chi connectivity index (χ3v) is 3.63. The number of hydrogen-bond acceptors (Lipinski definition) is 4. The van der Waals surface area contributed by atoms with Crippen molar-refractivity contribution in [3.05, 3.63) is 22.4 Å². The standard InChI is InChI=1S/C11H16N2O2S/c1-15-8-5-10(12-6-8)11(14)13-7-9-3-2-4-16-9/h2-4,8,10,12H,5-7H2,1H3,(H,13,14). The van der Waals surface area contributed by atoms with E-state index in [0.29, 0.717) is 6.54 Å². The highest BCUT2D eigenvalue weighted by Crippen LogP contribution is 2.11. The number of ether oxygens (including phenoxy) is 1. The van der Waals surface area contributed by atoms with Crippen LogP contribution in [0.1, 0.15) is 11.3 Å². The Bertz CT molecular complexity index is 340. The van der Waals surface area contributed by atoms with Crippen molar-refractivity contribution >= 4 is 17.2 Å². The Balaban J connectivity index is 1.76. The summed E-state index contributed by atoms with van der Waals surface area (Å²) in [5, 5.41) is 8.09. The van der Waals surface area contributed by atoms with E-state index >= 15 is 0 Å². The molecule has 0 aliphatic carbocycles. The van der Waals surface area contributed by atoms with Gasteiger partial charge in [-0.25, -0.2) is 0 Å². The summed E-state index contributed by atoms with van der Waals surface area (Å²) in [6.45, 7) is 1.37. The van der Waals surface area contributed by atoms with Crippen LogP contribution >= 0.6 is 11.3 Å². The van der Waals surface area contributed by atoms with Crippen LogP contribution in [0.4, 0.5) is 0 Å². The fourth-order valence-electron chi connectivity index (χ4n) is 1.79. The molecule has 1 aromatic heterocycles. The van der Waals surface area contributed by atoms with Gasteiger partial charge in [-0.15, -0.1) is 11.3 Å². The van der Waals surface area contributed by atoms with Gasteiger partial charge < -0.3 is 15.4 Å². The zero-order valence-corrected chi connectivity index (χ0v) is 10.0. The molecule has 1 aromatic rings. The number of carbonyl (C=O) groups is 1. The Kier molecular flexibility index (Phi) is 3.93. The molecule has 5 heteroatoms. The first kappa shape index (κ1) is 11.6. The number of amides is 1. The summed E-state index contributed by atoms with van der Waals surface area (Å²) in [6.07, 6.45) is 0.921. The summed E-state index contributed by atoms with van der Waals surface area (Å²) in [6, 6.07) is 3.90. The van der Waals surface area contributed by atoms with Crippen LogP contribution in [-0.2, 0) is 16.1 Å². The molecule has 0 radical (unpaired) electrons. The lowest BCUT2D eigenvalue weighted by atomic mass is 10.2. The molecule has 0 bridgehead atoms. The van der Waals surface area contributed by atoms with E-state index in [-0.39, 0.29) is 18.1 Å². The van der Waals surface area contributed by atoms with E-state index in [1.165, 1.54) is 4.88 Å². The van der Waals surface area contributed by atoms with E-state index < -0.39 is 0 Å². The van der Waals surface area contributed by atoms with E-state index in [1.807, 2.05) is 17.5 Å². The molecule has 1 fully saturated rings. The molecule has 1 saturated heterocycles. The minimum absolute atomic E-state index is 0.0629.